The number of carboxylic acids is 1. The molecular weight excluding hydrogens is 228 g/mol. The van der Waals surface area contributed by atoms with E-state index in [1.165, 1.54) is 6.07 Å². The Morgan fingerprint density at radius 3 is 2.86 bits per heavy atom. The van der Waals surface area contributed by atoms with Gasteiger partial charge in [-0.15, -0.1) is 21.5 Å². The van der Waals surface area contributed by atoms with E-state index in [9.17, 15) is 9.90 Å². The van der Waals surface area contributed by atoms with E-state index >= 15 is 0 Å². The van der Waals surface area contributed by atoms with Crippen molar-refractivity contribution in [2.75, 3.05) is 0 Å². The molecule has 0 saturated carbocycles. The van der Waals surface area contributed by atoms with Crippen molar-refractivity contribution < 1.29 is 15.0 Å². The second-order valence-electron chi connectivity index (χ2n) is 2.46. The second kappa shape index (κ2) is 3.07. The topological polar surface area (TPSA) is 83.3 Å². The third kappa shape index (κ3) is 1.28. The summed E-state index contributed by atoms with van der Waals surface area (Å²) in [5.74, 6) is -1.55. The van der Waals surface area contributed by atoms with Crippen LogP contribution in [0.2, 0.25) is 5.15 Å². The van der Waals surface area contributed by atoms with Gasteiger partial charge in [0.15, 0.2) is 15.8 Å². The Kier molecular flexibility index (Phi) is 2.01. The van der Waals surface area contributed by atoms with Crippen molar-refractivity contribution in [2.24, 2.45) is 0 Å². The smallest absolute Gasteiger partial charge is 0.349 e. The van der Waals surface area contributed by atoms with Crippen LogP contribution in [-0.4, -0.2) is 26.4 Å². The van der Waals surface area contributed by atoms with Gasteiger partial charge in [-0.05, 0) is 6.07 Å². The van der Waals surface area contributed by atoms with Gasteiger partial charge in [0.1, 0.15) is 5.52 Å². The van der Waals surface area contributed by atoms with E-state index in [4.69, 9.17) is 16.7 Å². The van der Waals surface area contributed by atoms with Crippen molar-refractivity contribution >= 4 is 39.1 Å². The molecule has 7 heteroatoms. The third-order valence-electron chi connectivity index (χ3n) is 1.57. The molecule has 5 nitrogen and oxygen atoms in total. The van der Waals surface area contributed by atoms with E-state index in [0.29, 0.717) is 4.70 Å². The minimum atomic E-state index is -1.19. The molecule has 0 unspecified atom stereocenters. The molecule has 0 atom stereocenters. The van der Waals surface area contributed by atoms with Gasteiger partial charge in [-0.3, -0.25) is 0 Å². The van der Waals surface area contributed by atoms with E-state index in [1.54, 1.807) is 0 Å². The average molecular weight is 231 g/mol. The number of thiophene rings is 1. The number of aromatic carboxylic acids is 1. The third-order valence-corrected chi connectivity index (χ3v) is 2.86. The minimum absolute atomic E-state index is 0.156. The van der Waals surface area contributed by atoms with Crippen molar-refractivity contribution in [3.63, 3.8) is 0 Å². The summed E-state index contributed by atoms with van der Waals surface area (Å²) in [5, 5.41) is 25.4. The second-order valence-corrected chi connectivity index (χ2v) is 3.90. The summed E-state index contributed by atoms with van der Waals surface area (Å²) in [7, 11) is 0. The van der Waals surface area contributed by atoms with Gasteiger partial charge in [-0.1, -0.05) is 11.6 Å². The molecule has 0 aromatic carbocycles. The Morgan fingerprint density at radius 2 is 2.21 bits per heavy atom. The molecule has 0 bridgehead atoms. The number of hydrogen-bond acceptors (Lipinski definition) is 5. The number of carboxylic acid groups (broad SMARTS) is 1. The van der Waals surface area contributed by atoms with E-state index in [0.717, 1.165) is 11.3 Å². The lowest BCUT2D eigenvalue weighted by atomic mass is 10.3. The molecule has 0 fully saturated rings. The average Bonchev–Trinajstić information content (AvgIpc) is 2.43. The molecule has 2 aromatic heterocycles. The summed E-state index contributed by atoms with van der Waals surface area (Å²) < 4.78 is 0.500. The van der Waals surface area contributed by atoms with Crippen LogP contribution >= 0.6 is 22.9 Å². The number of halogens is 1. The number of rotatable bonds is 1. The molecule has 2 rings (SSSR count). The van der Waals surface area contributed by atoms with Gasteiger partial charge in [-0.25, -0.2) is 4.79 Å². The van der Waals surface area contributed by atoms with Gasteiger partial charge in [-0.2, -0.15) is 0 Å². The van der Waals surface area contributed by atoms with Gasteiger partial charge in [0.2, 0.25) is 0 Å². The zero-order valence-corrected chi connectivity index (χ0v) is 8.13. The highest BCUT2D eigenvalue weighted by atomic mass is 35.5. The monoisotopic (exact) mass is 230 g/mol. The molecule has 0 spiro atoms. The van der Waals surface area contributed by atoms with E-state index in [2.05, 4.69) is 10.2 Å². The summed E-state index contributed by atoms with van der Waals surface area (Å²) >= 11 is 6.47. The van der Waals surface area contributed by atoms with Crippen molar-refractivity contribution in [3.8, 4) is 5.75 Å². The number of aromatic hydroxyl groups is 1. The van der Waals surface area contributed by atoms with Crippen LogP contribution in [0.25, 0.3) is 10.2 Å². The highest BCUT2D eigenvalue weighted by Gasteiger charge is 2.18. The molecule has 2 aromatic rings. The Bertz CT molecular complexity index is 525. The fourth-order valence-electron chi connectivity index (χ4n) is 1.01. The van der Waals surface area contributed by atoms with Crippen molar-refractivity contribution in [3.05, 3.63) is 16.1 Å². The first-order valence-electron chi connectivity index (χ1n) is 3.47. The molecule has 2 N–H and O–H groups in total. The first kappa shape index (κ1) is 9.17. The van der Waals surface area contributed by atoms with Crippen LogP contribution in [0, 0.1) is 0 Å². The van der Waals surface area contributed by atoms with Crippen molar-refractivity contribution in [2.45, 2.75) is 0 Å². The number of nitrogens with zero attached hydrogens (tertiary/aromatic N) is 2. The fraction of sp³-hybridized carbons (Fsp3) is 0. The quantitative estimate of drug-likeness (QED) is 0.780. The number of fused-ring (bicyclic) bond motifs is 1. The molecule has 0 radical (unpaired) electrons. The lowest BCUT2D eigenvalue weighted by Crippen LogP contribution is -1.91. The van der Waals surface area contributed by atoms with Crippen LogP contribution in [0.1, 0.15) is 9.67 Å². The minimum Gasteiger partial charge on any atom is -0.504 e. The normalized spacial score (nSPS) is 10.6. The maximum Gasteiger partial charge on any atom is 0.349 e. The Balaban J connectivity index is 2.79. The molecule has 14 heavy (non-hydrogen) atoms. The lowest BCUT2D eigenvalue weighted by molar-refractivity contribution is 0.0699. The SMILES string of the molecule is O=C(O)c1sc2cc(Cl)nnc2c1O. The maximum absolute atomic E-state index is 10.6. The molecule has 0 amide bonds. The summed E-state index contributed by atoms with van der Waals surface area (Å²) in [6, 6.07) is 1.46. The standard InChI is InChI=1S/C7H3ClN2O3S/c8-3-1-2-4(10-9-3)5(11)6(14-2)7(12)13/h1,11H,(H,12,13). The van der Waals surface area contributed by atoms with Crippen molar-refractivity contribution in [1.82, 2.24) is 10.2 Å². The van der Waals surface area contributed by atoms with Gasteiger partial charge in [0.25, 0.3) is 0 Å². The maximum atomic E-state index is 10.6. The van der Waals surface area contributed by atoms with E-state index in [-0.39, 0.29) is 21.3 Å². The lowest BCUT2D eigenvalue weighted by Gasteiger charge is -1.89. The van der Waals surface area contributed by atoms with Crippen molar-refractivity contribution in [1.29, 1.82) is 0 Å². The molecular formula is C7H3ClN2O3S. The van der Waals surface area contributed by atoms with Crippen LogP contribution in [-0.2, 0) is 0 Å². The molecule has 72 valence electrons. The summed E-state index contributed by atoms with van der Waals surface area (Å²) in [4.78, 5) is 10.5. The highest BCUT2D eigenvalue weighted by Crippen LogP contribution is 2.35. The predicted molar refractivity (Wildman–Crippen MR) is 51.0 cm³/mol. The number of aromatic nitrogens is 2. The van der Waals surface area contributed by atoms with Crippen LogP contribution < -0.4 is 0 Å². The van der Waals surface area contributed by atoms with Gasteiger partial charge in [0, 0.05) is 0 Å². The van der Waals surface area contributed by atoms with Crippen LogP contribution in [0.4, 0.5) is 0 Å². The zero-order chi connectivity index (χ0) is 10.3. The number of carbonyl (C=O) groups is 1. The summed E-state index contributed by atoms with van der Waals surface area (Å²) in [6.07, 6.45) is 0. The molecule has 2 heterocycles. The Labute approximate surface area is 86.6 Å². The summed E-state index contributed by atoms with van der Waals surface area (Å²) in [5.41, 5.74) is 0.164. The highest BCUT2D eigenvalue weighted by molar-refractivity contribution is 7.21. The predicted octanol–water partition coefficient (Wildman–Crippen LogP) is 1.75. The molecule has 0 aliphatic carbocycles. The number of hydrogen-bond donors (Lipinski definition) is 2. The van der Waals surface area contributed by atoms with Gasteiger partial charge < -0.3 is 10.2 Å². The summed E-state index contributed by atoms with van der Waals surface area (Å²) in [6.45, 7) is 0. The van der Waals surface area contributed by atoms with E-state index in [1.807, 2.05) is 0 Å². The van der Waals surface area contributed by atoms with Gasteiger partial charge in [0.05, 0.1) is 4.70 Å². The largest absolute Gasteiger partial charge is 0.504 e. The Morgan fingerprint density at radius 1 is 1.50 bits per heavy atom. The first-order valence-corrected chi connectivity index (χ1v) is 4.67. The molecule has 0 aliphatic rings. The molecule has 0 aliphatic heterocycles. The van der Waals surface area contributed by atoms with Crippen LogP contribution in [0.5, 0.6) is 5.75 Å². The Hall–Kier alpha value is -1.40. The first-order chi connectivity index (χ1) is 6.59. The fourth-order valence-corrected chi connectivity index (χ4v) is 2.12. The van der Waals surface area contributed by atoms with Crippen LogP contribution in [0.15, 0.2) is 6.07 Å². The van der Waals surface area contributed by atoms with E-state index < -0.39 is 5.97 Å². The van der Waals surface area contributed by atoms with Gasteiger partial charge >= 0.3 is 5.97 Å². The van der Waals surface area contributed by atoms with Crippen LogP contribution in [0.3, 0.4) is 0 Å². The zero-order valence-electron chi connectivity index (χ0n) is 6.56. The molecule has 0 saturated heterocycles.